The van der Waals surface area contributed by atoms with E-state index >= 15 is 0 Å². The van der Waals surface area contributed by atoms with Crippen molar-refractivity contribution in [2.24, 2.45) is 0 Å². The number of para-hydroxylation sites is 1. The van der Waals surface area contributed by atoms with Gasteiger partial charge in [-0.3, -0.25) is 4.79 Å². The van der Waals surface area contributed by atoms with E-state index in [1.54, 1.807) is 11.1 Å². The van der Waals surface area contributed by atoms with Crippen molar-refractivity contribution in [3.63, 3.8) is 0 Å². The molecule has 0 saturated heterocycles. The van der Waals surface area contributed by atoms with Crippen molar-refractivity contribution in [1.29, 1.82) is 0 Å². The highest BCUT2D eigenvalue weighted by Crippen LogP contribution is 2.40. The summed E-state index contributed by atoms with van der Waals surface area (Å²) in [5.41, 5.74) is 3.38. The van der Waals surface area contributed by atoms with Crippen LogP contribution in [0.3, 0.4) is 0 Å². The molecule has 0 radical (unpaired) electrons. The number of pyridine rings is 1. The molecule has 1 fully saturated rings. The molecule has 0 atom stereocenters. The molecule has 25 heavy (non-hydrogen) atoms. The highest BCUT2D eigenvalue weighted by atomic mass is 16.2. The number of amides is 1. The molecule has 2 aromatic heterocycles. The molecule has 0 bridgehead atoms. The molecular formula is C20H22N4O. The molecular weight excluding hydrogens is 312 g/mol. The summed E-state index contributed by atoms with van der Waals surface area (Å²) in [4.78, 5) is 19.7. The standard InChI is InChI=1S/C20H22N4O/c1-13(2)24-19-17(12-21-24)16(11-18(22-19)14-9-10-14)20(25)23(3)15-7-5-4-6-8-15/h4-8,11-14H,9-10H2,1-3H3. The maximum Gasteiger partial charge on any atom is 0.258 e. The Kier molecular flexibility index (Phi) is 3.79. The summed E-state index contributed by atoms with van der Waals surface area (Å²) in [6.07, 6.45) is 4.07. The molecule has 0 unspecified atom stereocenters. The zero-order chi connectivity index (χ0) is 17.6. The zero-order valence-corrected chi connectivity index (χ0v) is 14.8. The Bertz CT molecular complexity index is 926. The minimum absolute atomic E-state index is 0.0243. The van der Waals surface area contributed by atoms with E-state index in [4.69, 9.17) is 4.98 Å². The topological polar surface area (TPSA) is 51.0 Å². The van der Waals surface area contributed by atoms with E-state index in [1.807, 2.05) is 48.1 Å². The Labute approximate surface area is 147 Å². The van der Waals surface area contributed by atoms with Gasteiger partial charge in [-0.05, 0) is 44.9 Å². The van der Waals surface area contributed by atoms with Crippen LogP contribution in [0.5, 0.6) is 0 Å². The molecule has 0 spiro atoms. The second-order valence-corrected chi connectivity index (χ2v) is 6.99. The average molecular weight is 334 g/mol. The number of fused-ring (bicyclic) bond motifs is 1. The van der Waals surface area contributed by atoms with Crippen molar-refractivity contribution in [2.75, 3.05) is 11.9 Å². The minimum Gasteiger partial charge on any atom is -0.311 e. The van der Waals surface area contributed by atoms with Crippen LogP contribution in [0, 0.1) is 0 Å². The molecule has 4 rings (SSSR count). The average Bonchev–Trinajstić information content (AvgIpc) is 3.39. The van der Waals surface area contributed by atoms with Gasteiger partial charge in [0.2, 0.25) is 0 Å². The lowest BCUT2D eigenvalue weighted by atomic mass is 10.1. The molecule has 1 saturated carbocycles. The third-order valence-electron chi connectivity index (χ3n) is 4.75. The molecule has 5 heteroatoms. The van der Waals surface area contributed by atoms with Gasteiger partial charge in [-0.1, -0.05) is 18.2 Å². The lowest BCUT2D eigenvalue weighted by molar-refractivity contribution is 0.0994. The Morgan fingerprint density at radius 2 is 1.96 bits per heavy atom. The summed E-state index contributed by atoms with van der Waals surface area (Å²) in [6.45, 7) is 4.16. The van der Waals surface area contributed by atoms with Crippen molar-refractivity contribution >= 4 is 22.6 Å². The molecule has 1 aromatic carbocycles. The van der Waals surface area contributed by atoms with Gasteiger partial charge in [0.05, 0.1) is 17.1 Å². The third kappa shape index (κ3) is 2.80. The monoisotopic (exact) mass is 334 g/mol. The van der Waals surface area contributed by atoms with Crippen LogP contribution in [0.2, 0.25) is 0 Å². The Balaban J connectivity index is 1.84. The van der Waals surface area contributed by atoms with Crippen LogP contribution >= 0.6 is 0 Å². The number of nitrogens with zero attached hydrogens (tertiary/aromatic N) is 4. The summed E-state index contributed by atoms with van der Waals surface area (Å²) in [7, 11) is 1.81. The zero-order valence-electron chi connectivity index (χ0n) is 14.8. The van der Waals surface area contributed by atoms with Crippen LogP contribution < -0.4 is 4.90 Å². The van der Waals surface area contributed by atoms with E-state index in [9.17, 15) is 4.79 Å². The van der Waals surface area contributed by atoms with Gasteiger partial charge in [0, 0.05) is 30.4 Å². The van der Waals surface area contributed by atoms with E-state index in [2.05, 4.69) is 18.9 Å². The lowest BCUT2D eigenvalue weighted by Gasteiger charge is -2.18. The van der Waals surface area contributed by atoms with Crippen molar-refractivity contribution < 1.29 is 4.79 Å². The maximum atomic E-state index is 13.2. The quantitative estimate of drug-likeness (QED) is 0.719. The number of rotatable bonds is 4. The summed E-state index contributed by atoms with van der Waals surface area (Å²) >= 11 is 0. The van der Waals surface area contributed by atoms with Crippen LogP contribution in [0.4, 0.5) is 5.69 Å². The first kappa shape index (κ1) is 15.8. The lowest BCUT2D eigenvalue weighted by Crippen LogP contribution is -2.26. The van der Waals surface area contributed by atoms with Gasteiger partial charge < -0.3 is 4.90 Å². The van der Waals surface area contributed by atoms with Gasteiger partial charge in [-0.2, -0.15) is 5.10 Å². The summed E-state index contributed by atoms with van der Waals surface area (Å²) in [5, 5.41) is 5.30. The SMILES string of the molecule is CC(C)n1ncc2c(C(=O)N(C)c3ccccc3)cc(C3CC3)nc21. The molecule has 1 aliphatic carbocycles. The van der Waals surface area contributed by atoms with Gasteiger partial charge in [0.15, 0.2) is 5.65 Å². The highest BCUT2D eigenvalue weighted by Gasteiger charge is 2.29. The minimum atomic E-state index is -0.0243. The summed E-state index contributed by atoms with van der Waals surface area (Å²) < 4.78 is 1.90. The predicted octanol–water partition coefficient (Wildman–Crippen LogP) is 4.17. The number of carbonyl (C=O) groups excluding carboxylic acids is 1. The molecule has 0 N–H and O–H groups in total. The summed E-state index contributed by atoms with van der Waals surface area (Å²) in [5.74, 6) is 0.456. The molecule has 5 nitrogen and oxygen atoms in total. The highest BCUT2D eigenvalue weighted by molar-refractivity contribution is 6.13. The predicted molar refractivity (Wildman–Crippen MR) is 99.1 cm³/mol. The Morgan fingerprint density at radius 3 is 2.60 bits per heavy atom. The Morgan fingerprint density at radius 1 is 1.24 bits per heavy atom. The van der Waals surface area contributed by atoms with Crippen molar-refractivity contribution in [1.82, 2.24) is 14.8 Å². The molecule has 128 valence electrons. The van der Waals surface area contributed by atoms with Crippen LogP contribution in [-0.2, 0) is 0 Å². The first-order chi connectivity index (χ1) is 12.1. The number of aromatic nitrogens is 3. The number of hydrogen-bond acceptors (Lipinski definition) is 3. The normalized spacial score (nSPS) is 14.2. The first-order valence-electron chi connectivity index (χ1n) is 8.77. The fourth-order valence-electron chi connectivity index (χ4n) is 3.13. The van der Waals surface area contributed by atoms with Gasteiger partial charge in [0.25, 0.3) is 5.91 Å². The third-order valence-corrected chi connectivity index (χ3v) is 4.75. The van der Waals surface area contributed by atoms with E-state index in [0.29, 0.717) is 11.5 Å². The summed E-state index contributed by atoms with van der Waals surface area (Å²) in [6, 6.07) is 11.9. The van der Waals surface area contributed by atoms with Crippen LogP contribution in [0.15, 0.2) is 42.6 Å². The molecule has 2 heterocycles. The second kappa shape index (κ2) is 5.99. The smallest absolute Gasteiger partial charge is 0.258 e. The molecule has 3 aromatic rings. The van der Waals surface area contributed by atoms with Crippen molar-refractivity contribution in [3.05, 3.63) is 53.9 Å². The number of hydrogen-bond donors (Lipinski definition) is 0. The number of carbonyl (C=O) groups is 1. The largest absolute Gasteiger partial charge is 0.311 e. The van der Waals surface area contributed by atoms with Crippen LogP contribution in [0.25, 0.3) is 11.0 Å². The van der Waals surface area contributed by atoms with E-state index in [0.717, 1.165) is 35.3 Å². The second-order valence-electron chi connectivity index (χ2n) is 6.99. The maximum absolute atomic E-state index is 13.2. The van der Waals surface area contributed by atoms with Crippen LogP contribution in [-0.4, -0.2) is 27.7 Å². The fourth-order valence-corrected chi connectivity index (χ4v) is 3.13. The first-order valence-corrected chi connectivity index (χ1v) is 8.77. The van der Waals surface area contributed by atoms with E-state index < -0.39 is 0 Å². The number of anilines is 1. The van der Waals surface area contributed by atoms with Gasteiger partial charge >= 0.3 is 0 Å². The van der Waals surface area contributed by atoms with Crippen molar-refractivity contribution in [2.45, 2.75) is 38.6 Å². The molecule has 1 amide bonds. The van der Waals surface area contributed by atoms with Gasteiger partial charge in [0.1, 0.15) is 0 Å². The molecule has 1 aliphatic rings. The molecule has 0 aliphatic heterocycles. The van der Waals surface area contributed by atoms with Crippen LogP contribution in [0.1, 0.15) is 54.7 Å². The number of benzene rings is 1. The van der Waals surface area contributed by atoms with Crippen molar-refractivity contribution in [3.8, 4) is 0 Å². The Hall–Kier alpha value is -2.69. The van der Waals surface area contributed by atoms with Gasteiger partial charge in [-0.15, -0.1) is 0 Å². The fraction of sp³-hybridized carbons (Fsp3) is 0.350. The van der Waals surface area contributed by atoms with E-state index in [-0.39, 0.29) is 11.9 Å². The van der Waals surface area contributed by atoms with Gasteiger partial charge in [-0.25, -0.2) is 9.67 Å². The van der Waals surface area contributed by atoms with E-state index in [1.165, 1.54) is 0 Å².